The van der Waals surface area contributed by atoms with E-state index >= 15 is 0 Å². The van der Waals surface area contributed by atoms with Crippen LogP contribution in [0.25, 0.3) is 0 Å². The minimum absolute atomic E-state index is 0.379. The van der Waals surface area contributed by atoms with Crippen molar-refractivity contribution >= 4 is 6.09 Å². The lowest BCUT2D eigenvalue weighted by Crippen LogP contribution is -2.37. The standard InChI is InChI=1S/C8H18N2O2/c1-8(2,3)12-7(11)9-6-10(4)5/h6H2,1-5H3,(H,9,11). The zero-order valence-corrected chi connectivity index (χ0v) is 8.47. The van der Waals surface area contributed by atoms with Gasteiger partial charge in [-0.3, -0.25) is 4.90 Å². The molecular weight excluding hydrogens is 156 g/mol. The van der Waals surface area contributed by atoms with Crippen LogP contribution in [0.3, 0.4) is 0 Å². The van der Waals surface area contributed by atoms with Crippen LogP contribution in [0, 0.1) is 0 Å². The Morgan fingerprint density at radius 3 is 2.25 bits per heavy atom. The van der Waals surface area contributed by atoms with E-state index in [9.17, 15) is 4.79 Å². The molecule has 0 unspecified atom stereocenters. The predicted octanol–water partition coefficient (Wildman–Crippen LogP) is 1.03. The van der Waals surface area contributed by atoms with Crippen molar-refractivity contribution in [3.63, 3.8) is 0 Å². The quantitative estimate of drug-likeness (QED) is 0.636. The minimum atomic E-state index is -0.420. The summed E-state index contributed by atoms with van der Waals surface area (Å²) >= 11 is 0. The molecule has 0 aliphatic rings. The van der Waals surface area contributed by atoms with Crippen LogP contribution in [0.15, 0.2) is 0 Å². The summed E-state index contributed by atoms with van der Waals surface area (Å²) in [6, 6.07) is 0. The molecule has 0 saturated carbocycles. The van der Waals surface area contributed by atoms with Gasteiger partial charge in [0.05, 0.1) is 6.67 Å². The van der Waals surface area contributed by atoms with E-state index in [2.05, 4.69) is 5.32 Å². The molecule has 1 N–H and O–H groups in total. The monoisotopic (exact) mass is 174 g/mol. The first-order chi connectivity index (χ1) is 5.31. The summed E-state index contributed by atoms with van der Waals surface area (Å²) in [6.07, 6.45) is -0.379. The molecule has 0 aromatic carbocycles. The van der Waals surface area contributed by atoms with Crippen molar-refractivity contribution < 1.29 is 9.53 Å². The lowest BCUT2D eigenvalue weighted by atomic mass is 10.2. The van der Waals surface area contributed by atoms with Gasteiger partial charge in [-0.15, -0.1) is 0 Å². The first-order valence-corrected chi connectivity index (χ1v) is 3.93. The molecule has 4 nitrogen and oxygen atoms in total. The first-order valence-electron chi connectivity index (χ1n) is 3.93. The number of rotatable bonds is 2. The number of alkyl carbamates (subject to hydrolysis) is 1. The van der Waals surface area contributed by atoms with Crippen LogP contribution in [0.2, 0.25) is 0 Å². The van der Waals surface area contributed by atoms with E-state index in [1.165, 1.54) is 0 Å². The minimum Gasteiger partial charge on any atom is -0.444 e. The topological polar surface area (TPSA) is 41.6 Å². The number of hydrogen-bond acceptors (Lipinski definition) is 3. The Bertz CT molecular complexity index is 150. The summed E-state index contributed by atoms with van der Waals surface area (Å²) < 4.78 is 5.01. The fourth-order valence-corrected chi connectivity index (χ4v) is 0.537. The van der Waals surface area contributed by atoms with Gasteiger partial charge < -0.3 is 10.1 Å². The Balaban J connectivity index is 3.61. The van der Waals surface area contributed by atoms with Crippen LogP contribution in [0.5, 0.6) is 0 Å². The Kier molecular flexibility index (Phi) is 4.03. The second-order valence-electron chi connectivity index (χ2n) is 3.92. The van der Waals surface area contributed by atoms with Crippen LogP contribution >= 0.6 is 0 Å². The third kappa shape index (κ3) is 7.34. The second kappa shape index (κ2) is 4.30. The summed E-state index contributed by atoms with van der Waals surface area (Å²) in [7, 11) is 3.74. The fourth-order valence-electron chi connectivity index (χ4n) is 0.537. The molecule has 0 bridgehead atoms. The van der Waals surface area contributed by atoms with Crippen LogP contribution in [0.1, 0.15) is 20.8 Å². The second-order valence-corrected chi connectivity index (χ2v) is 3.92. The maximum atomic E-state index is 11.0. The van der Waals surface area contributed by atoms with E-state index in [1.807, 2.05) is 39.8 Å². The number of ether oxygens (including phenoxy) is 1. The highest BCUT2D eigenvalue weighted by atomic mass is 16.6. The van der Waals surface area contributed by atoms with Crippen molar-refractivity contribution in [1.29, 1.82) is 0 Å². The van der Waals surface area contributed by atoms with Gasteiger partial charge in [-0.2, -0.15) is 0 Å². The molecule has 0 fully saturated rings. The Labute approximate surface area is 73.9 Å². The summed E-state index contributed by atoms with van der Waals surface area (Å²) in [6.45, 7) is 6.00. The summed E-state index contributed by atoms with van der Waals surface area (Å²) in [5.74, 6) is 0. The zero-order valence-electron chi connectivity index (χ0n) is 8.47. The molecular formula is C8H18N2O2. The largest absolute Gasteiger partial charge is 0.444 e. The average molecular weight is 174 g/mol. The average Bonchev–Trinajstić information content (AvgIpc) is 1.79. The lowest BCUT2D eigenvalue weighted by molar-refractivity contribution is 0.0504. The van der Waals surface area contributed by atoms with E-state index in [1.54, 1.807) is 0 Å². The van der Waals surface area contributed by atoms with Gasteiger partial charge in [-0.1, -0.05) is 0 Å². The van der Waals surface area contributed by atoms with Gasteiger partial charge in [0.25, 0.3) is 0 Å². The number of nitrogens with one attached hydrogen (secondary N) is 1. The number of carbonyl (C=O) groups excluding carboxylic acids is 1. The third-order valence-electron chi connectivity index (χ3n) is 0.939. The van der Waals surface area contributed by atoms with Gasteiger partial charge in [0.2, 0.25) is 0 Å². The molecule has 72 valence electrons. The molecule has 0 aromatic heterocycles. The molecule has 0 heterocycles. The fraction of sp³-hybridized carbons (Fsp3) is 0.875. The highest BCUT2D eigenvalue weighted by Crippen LogP contribution is 2.05. The first kappa shape index (κ1) is 11.2. The molecule has 4 heteroatoms. The van der Waals surface area contributed by atoms with Crippen molar-refractivity contribution in [3.8, 4) is 0 Å². The van der Waals surface area contributed by atoms with Crippen LogP contribution in [0.4, 0.5) is 4.79 Å². The maximum absolute atomic E-state index is 11.0. The van der Waals surface area contributed by atoms with Crippen LogP contribution in [-0.2, 0) is 4.74 Å². The molecule has 0 spiro atoms. The normalized spacial score (nSPS) is 11.5. The number of nitrogens with zero attached hydrogens (tertiary/aromatic N) is 1. The maximum Gasteiger partial charge on any atom is 0.408 e. The summed E-state index contributed by atoms with van der Waals surface area (Å²) in [5.41, 5.74) is -0.420. The Morgan fingerprint density at radius 2 is 1.92 bits per heavy atom. The third-order valence-corrected chi connectivity index (χ3v) is 0.939. The van der Waals surface area contributed by atoms with Crippen molar-refractivity contribution in [2.45, 2.75) is 26.4 Å². The van der Waals surface area contributed by atoms with Gasteiger partial charge in [0, 0.05) is 0 Å². The number of hydrogen-bond donors (Lipinski definition) is 1. The van der Waals surface area contributed by atoms with Gasteiger partial charge in [0.15, 0.2) is 0 Å². The lowest BCUT2D eigenvalue weighted by Gasteiger charge is -2.20. The van der Waals surface area contributed by atoms with E-state index < -0.39 is 5.60 Å². The van der Waals surface area contributed by atoms with Crippen molar-refractivity contribution in [2.24, 2.45) is 0 Å². The molecule has 0 aliphatic carbocycles. The van der Waals surface area contributed by atoms with E-state index in [-0.39, 0.29) is 6.09 Å². The molecule has 0 rings (SSSR count). The SMILES string of the molecule is CN(C)CNC(=O)OC(C)(C)C. The van der Waals surface area contributed by atoms with Gasteiger partial charge in [-0.25, -0.2) is 4.79 Å². The molecule has 0 aliphatic heterocycles. The molecule has 0 aromatic rings. The molecule has 0 saturated heterocycles. The van der Waals surface area contributed by atoms with Crippen LogP contribution in [-0.4, -0.2) is 37.4 Å². The van der Waals surface area contributed by atoms with Gasteiger partial charge in [-0.05, 0) is 34.9 Å². The van der Waals surface area contributed by atoms with Gasteiger partial charge >= 0.3 is 6.09 Å². The van der Waals surface area contributed by atoms with E-state index in [0.29, 0.717) is 6.67 Å². The Hall–Kier alpha value is -0.770. The molecule has 0 atom stereocenters. The predicted molar refractivity (Wildman–Crippen MR) is 47.9 cm³/mol. The van der Waals surface area contributed by atoms with E-state index in [0.717, 1.165) is 0 Å². The number of carbonyl (C=O) groups is 1. The highest BCUT2D eigenvalue weighted by molar-refractivity contribution is 5.67. The van der Waals surface area contributed by atoms with Crippen LogP contribution < -0.4 is 5.32 Å². The highest BCUT2D eigenvalue weighted by Gasteiger charge is 2.15. The summed E-state index contributed by atoms with van der Waals surface area (Å²) in [5, 5.41) is 2.60. The van der Waals surface area contributed by atoms with Crippen molar-refractivity contribution in [3.05, 3.63) is 0 Å². The zero-order chi connectivity index (χ0) is 9.78. The van der Waals surface area contributed by atoms with Gasteiger partial charge in [0.1, 0.15) is 5.60 Å². The number of amides is 1. The molecule has 0 radical (unpaired) electrons. The van der Waals surface area contributed by atoms with E-state index in [4.69, 9.17) is 4.74 Å². The summed E-state index contributed by atoms with van der Waals surface area (Å²) in [4.78, 5) is 12.9. The van der Waals surface area contributed by atoms with Crippen molar-refractivity contribution in [2.75, 3.05) is 20.8 Å². The smallest absolute Gasteiger partial charge is 0.408 e. The van der Waals surface area contributed by atoms with Crippen molar-refractivity contribution in [1.82, 2.24) is 10.2 Å². The molecule has 12 heavy (non-hydrogen) atoms. The Morgan fingerprint density at radius 1 is 1.42 bits per heavy atom. The molecule has 1 amide bonds.